The van der Waals surface area contributed by atoms with E-state index in [1.54, 1.807) is 32.0 Å². The molecule has 0 spiro atoms. The Balaban J connectivity index is 2.22. The summed E-state index contributed by atoms with van der Waals surface area (Å²) in [6, 6.07) is 6.89. The van der Waals surface area contributed by atoms with Crippen LogP contribution in [0.4, 0.5) is 0 Å². The number of rotatable bonds is 9. The summed E-state index contributed by atoms with van der Waals surface area (Å²) < 4.78 is 43.6. The van der Waals surface area contributed by atoms with E-state index in [1.807, 2.05) is 0 Å². The van der Waals surface area contributed by atoms with Crippen molar-refractivity contribution in [2.75, 3.05) is 14.2 Å². The number of carbonyl (C=O) groups is 1. The average Bonchev–Trinajstić information content (AvgIpc) is 3.17. The van der Waals surface area contributed by atoms with Crippen molar-refractivity contribution in [3.05, 3.63) is 42.4 Å². The lowest BCUT2D eigenvalue weighted by Gasteiger charge is -2.22. The quantitative estimate of drug-likeness (QED) is 0.671. The molecular formula is C18H24N2O6S. The highest BCUT2D eigenvalue weighted by Crippen LogP contribution is 2.28. The normalized spacial score (nSPS) is 12.6. The minimum Gasteiger partial charge on any atom is -0.497 e. The molecule has 1 atom stereocenters. The Bertz CT molecular complexity index is 862. The van der Waals surface area contributed by atoms with Gasteiger partial charge in [-0.1, -0.05) is 13.8 Å². The number of ether oxygens (including phenoxy) is 2. The number of nitrogens with one attached hydrogen (secondary N) is 2. The van der Waals surface area contributed by atoms with Crippen molar-refractivity contribution in [3.8, 4) is 11.5 Å². The van der Waals surface area contributed by atoms with Crippen molar-refractivity contribution >= 4 is 15.9 Å². The van der Waals surface area contributed by atoms with Crippen molar-refractivity contribution in [3.63, 3.8) is 0 Å². The molecule has 0 saturated heterocycles. The van der Waals surface area contributed by atoms with Crippen molar-refractivity contribution in [2.24, 2.45) is 5.92 Å². The number of sulfonamides is 1. The van der Waals surface area contributed by atoms with Gasteiger partial charge < -0.3 is 19.2 Å². The van der Waals surface area contributed by atoms with E-state index in [4.69, 9.17) is 13.9 Å². The fourth-order valence-corrected chi connectivity index (χ4v) is 3.94. The summed E-state index contributed by atoms with van der Waals surface area (Å²) in [6.45, 7) is 3.67. The summed E-state index contributed by atoms with van der Waals surface area (Å²) in [7, 11) is -1.23. The van der Waals surface area contributed by atoms with Gasteiger partial charge in [-0.2, -0.15) is 4.72 Å². The van der Waals surface area contributed by atoms with Gasteiger partial charge in [0.25, 0.3) is 0 Å². The van der Waals surface area contributed by atoms with Crippen LogP contribution in [0.1, 0.15) is 19.6 Å². The first kappa shape index (κ1) is 20.8. The number of methoxy groups -OCH3 is 2. The molecule has 0 saturated carbocycles. The molecule has 1 heterocycles. The number of hydrogen-bond donors (Lipinski definition) is 2. The Labute approximate surface area is 158 Å². The minimum atomic E-state index is -4.04. The molecule has 1 amide bonds. The van der Waals surface area contributed by atoms with E-state index < -0.39 is 22.0 Å². The molecular weight excluding hydrogens is 372 g/mol. The Hall–Kier alpha value is -2.52. The maximum absolute atomic E-state index is 12.9. The van der Waals surface area contributed by atoms with E-state index >= 15 is 0 Å². The monoisotopic (exact) mass is 396 g/mol. The molecule has 0 bridgehead atoms. The second-order valence-electron chi connectivity index (χ2n) is 6.16. The van der Waals surface area contributed by atoms with Crippen LogP contribution in [0, 0.1) is 5.92 Å². The fourth-order valence-electron chi connectivity index (χ4n) is 2.41. The van der Waals surface area contributed by atoms with E-state index in [9.17, 15) is 13.2 Å². The van der Waals surface area contributed by atoms with E-state index in [1.165, 1.54) is 32.6 Å². The van der Waals surface area contributed by atoms with Gasteiger partial charge in [-0.25, -0.2) is 8.42 Å². The molecule has 148 valence electrons. The lowest BCUT2D eigenvalue weighted by Crippen LogP contribution is -2.49. The highest BCUT2D eigenvalue weighted by atomic mass is 32.2. The molecule has 27 heavy (non-hydrogen) atoms. The zero-order chi connectivity index (χ0) is 20.0. The molecule has 0 radical (unpaired) electrons. The van der Waals surface area contributed by atoms with Crippen LogP contribution < -0.4 is 19.5 Å². The SMILES string of the molecule is COc1ccc(OC)c(S(=O)(=O)N[C@H](C(=O)NCc2ccco2)C(C)C)c1. The summed E-state index contributed by atoms with van der Waals surface area (Å²) in [5.74, 6) is 0.351. The second-order valence-corrected chi connectivity index (χ2v) is 7.84. The maximum atomic E-state index is 12.9. The summed E-state index contributed by atoms with van der Waals surface area (Å²) in [5, 5.41) is 2.68. The highest BCUT2D eigenvalue weighted by Gasteiger charge is 2.30. The largest absolute Gasteiger partial charge is 0.497 e. The highest BCUT2D eigenvalue weighted by molar-refractivity contribution is 7.89. The first-order chi connectivity index (χ1) is 12.8. The minimum absolute atomic E-state index is 0.103. The molecule has 0 aliphatic carbocycles. The molecule has 0 aliphatic rings. The Morgan fingerprint density at radius 2 is 1.93 bits per heavy atom. The molecule has 2 aromatic rings. The van der Waals surface area contributed by atoms with Gasteiger partial charge in [-0.3, -0.25) is 4.79 Å². The van der Waals surface area contributed by atoms with Crippen LogP contribution in [0.5, 0.6) is 11.5 Å². The third-order valence-electron chi connectivity index (χ3n) is 3.91. The Morgan fingerprint density at radius 3 is 2.48 bits per heavy atom. The van der Waals surface area contributed by atoms with Gasteiger partial charge in [-0.05, 0) is 30.2 Å². The van der Waals surface area contributed by atoms with Gasteiger partial charge in [0.1, 0.15) is 28.2 Å². The lowest BCUT2D eigenvalue weighted by molar-refractivity contribution is -0.123. The molecule has 9 heteroatoms. The first-order valence-corrected chi connectivity index (χ1v) is 9.81. The molecule has 1 aromatic carbocycles. The van der Waals surface area contributed by atoms with Crippen molar-refractivity contribution in [2.45, 2.75) is 31.3 Å². The van der Waals surface area contributed by atoms with Crippen molar-refractivity contribution < 1.29 is 27.1 Å². The maximum Gasteiger partial charge on any atom is 0.245 e. The molecule has 0 unspecified atom stereocenters. The van der Waals surface area contributed by atoms with Crippen LogP contribution in [-0.4, -0.2) is 34.6 Å². The van der Waals surface area contributed by atoms with Crippen LogP contribution in [0.3, 0.4) is 0 Å². The number of benzene rings is 1. The predicted octanol–water partition coefficient (Wildman–Crippen LogP) is 1.92. The molecule has 1 aromatic heterocycles. The van der Waals surface area contributed by atoms with Gasteiger partial charge in [0, 0.05) is 6.07 Å². The van der Waals surface area contributed by atoms with Crippen LogP contribution in [0.2, 0.25) is 0 Å². The third kappa shape index (κ3) is 5.24. The summed E-state index contributed by atoms with van der Waals surface area (Å²) in [5.41, 5.74) is 0. The molecule has 0 fully saturated rings. The standard InChI is InChI=1S/C18H24N2O6S/c1-12(2)17(18(21)19-11-14-6-5-9-26-14)20-27(22,23)16-10-13(24-3)7-8-15(16)25-4/h5-10,12,17,20H,11H2,1-4H3,(H,19,21)/t17-/m0/s1. The van der Waals surface area contributed by atoms with Crippen molar-refractivity contribution in [1.29, 1.82) is 0 Å². The van der Waals surface area contributed by atoms with Crippen LogP contribution >= 0.6 is 0 Å². The van der Waals surface area contributed by atoms with Gasteiger partial charge in [0.05, 0.1) is 27.0 Å². The van der Waals surface area contributed by atoms with Crippen LogP contribution in [-0.2, 0) is 21.4 Å². The molecule has 8 nitrogen and oxygen atoms in total. The van der Waals surface area contributed by atoms with Gasteiger partial charge in [0.15, 0.2) is 0 Å². The Kier molecular flexibility index (Phi) is 6.86. The van der Waals surface area contributed by atoms with E-state index in [0.29, 0.717) is 11.5 Å². The third-order valence-corrected chi connectivity index (χ3v) is 5.37. The zero-order valence-electron chi connectivity index (χ0n) is 15.7. The van der Waals surface area contributed by atoms with E-state index in [-0.39, 0.29) is 23.1 Å². The number of furan rings is 1. The summed E-state index contributed by atoms with van der Waals surface area (Å²) in [6.07, 6.45) is 1.50. The molecule has 2 rings (SSSR count). The number of hydrogen-bond acceptors (Lipinski definition) is 6. The predicted molar refractivity (Wildman–Crippen MR) is 99.0 cm³/mol. The van der Waals surface area contributed by atoms with Gasteiger partial charge in [-0.15, -0.1) is 0 Å². The Morgan fingerprint density at radius 1 is 1.19 bits per heavy atom. The fraction of sp³-hybridized carbons (Fsp3) is 0.389. The average molecular weight is 396 g/mol. The van der Waals surface area contributed by atoms with Gasteiger partial charge >= 0.3 is 0 Å². The number of amides is 1. The van der Waals surface area contributed by atoms with Crippen LogP contribution in [0.25, 0.3) is 0 Å². The van der Waals surface area contributed by atoms with E-state index in [2.05, 4.69) is 10.0 Å². The summed E-state index contributed by atoms with van der Waals surface area (Å²) in [4.78, 5) is 12.4. The molecule has 2 N–H and O–H groups in total. The summed E-state index contributed by atoms with van der Waals surface area (Å²) >= 11 is 0. The molecule has 0 aliphatic heterocycles. The number of carbonyl (C=O) groups excluding carboxylic acids is 1. The lowest BCUT2D eigenvalue weighted by atomic mass is 10.1. The van der Waals surface area contributed by atoms with Crippen LogP contribution in [0.15, 0.2) is 45.9 Å². The van der Waals surface area contributed by atoms with Crippen molar-refractivity contribution in [1.82, 2.24) is 10.0 Å². The first-order valence-electron chi connectivity index (χ1n) is 8.33. The topological polar surface area (TPSA) is 107 Å². The second kappa shape index (κ2) is 8.92. The smallest absolute Gasteiger partial charge is 0.245 e. The van der Waals surface area contributed by atoms with E-state index in [0.717, 1.165) is 0 Å². The van der Waals surface area contributed by atoms with Gasteiger partial charge in [0.2, 0.25) is 15.9 Å². The zero-order valence-corrected chi connectivity index (χ0v) is 16.5.